The molecule has 3 heterocycles. The fourth-order valence-electron chi connectivity index (χ4n) is 2.76. The molecule has 2 N–H and O–H groups in total. The van der Waals surface area contributed by atoms with Crippen molar-refractivity contribution >= 4 is 22.5 Å². The Bertz CT molecular complexity index is 915. The third-order valence-corrected chi connectivity index (χ3v) is 3.94. The van der Waals surface area contributed by atoms with Crippen molar-refractivity contribution < 1.29 is 9.53 Å². The summed E-state index contributed by atoms with van der Waals surface area (Å²) in [5.41, 5.74) is 3.37. The number of allylic oxidation sites excluding steroid dienone is 1. The van der Waals surface area contributed by atoms with Gasteiger partial charge in [-0.25, -0.2) is 9.97 Å². The molecule has 3 aromatic rings. The molecule has 0 saturated heterocycles. The summed E-state index contributed by atoms with van der Waals surface area (Å²) in [6.45, 7) is 1.05. The van der Waals surface area contributed by atoms with Gasteiger partial charge in [-0.05, 0) is 5.56 Å². The molecule has 120 valence electrons. The lowest BCUT2D eigenvalue weighted by Crippen LogP contribution is -2.22. The van der Waals surface area contributed by atoms with Gasteiger partial charge in [0.25, 0.3) is 0 Å². The van der Waals surface area contributed by atoms with Crippen LogP contribution in [0.3, 0.4) is 0 Å². The highest BCUT2D eigenvalue weighted by molar-refractivity contribution is 6.02. The molecule has 1 aliphatic heterocycles. The van der Waals surface area contributed by atoms with E-state index in [4.69, 9.17) is 4.74 Å². The van der Waals surface area contributed by atoms with Gasteiger partial charge in [-0.1, -0.05) is 30.3 Å². The lowest BCUT2D eigenvalue weighted by atomic mass is 10.1. The number of aromatic nitrogens is 3. The SMILES string of the molecule is O=C1C=C(c2c[nH]c3ncnc(OCc4ccccc4)c23)NCC1. The fraction of sp³-hybridized carbons (Fsp3) is 0.167. The molecule has 2 aromatic heterocycles. The van der Waals surface area contributed by atoms with Crippen LogP contribution in [0.4, 0.5) is 0 Å². The summed E-state index contributed by atoms with van der Waals surface area (Å²) in [6, 6.07) is 9.91. The highest BCUT2D eigenvalue weighted by atomic mass is 16.5. The minimum Gasteiger partial charge on any atom is -0.472 e. The van der Waals surface area contributed by atoms with Crippen molar-refractivity contribution in [2.45, 2.75) is 13.0 Å². The predicted octanol–water partition coefficient (Wildman–Crippen LogP) is 2.44. The third-order valence-electron chi connectivity index (χ3n) is 3.94. The lowest BCUT2D eigenvalue weighted by Gasteiger charge is -2.15. The van der Waals surface area contributed by atoms with E-state index in [9.17, 15) is 4.79 Å². The Labute approximate surface area is 138 Å². The lowest BCUT2D eigenvalue weighted by molar-refractivity contribution is -0.114. The Hall–Kier alpha value is -3.15. The molecular formula is C18H16N4O2. The zero-order valence-electron chi connectivity index (χ0n) is 13.0. The Kier molecular flexibility index (Phi) is 3.70. The van der Waals surface area contributed by atoms with Crippen molar-refractivity contribution in [3.8, 4) is 5.88 Å². The Morgan fingerprint density at radius 3 is 2.88 bits per heavy atom. The molecule has 24 heavy (non-hydrogen) atoms. The predicted molar refractivity (Wildman–Crippen MR) is 90.3 cm³/mol. The van der Waals surface area contributed by atoms with E-state index in [1.807, 2.05) is 36.5 Å². The maximum atomic E-state index is 11.7. The molecule has 6 nitrogen and oxygen atoms in total. The fourth-order valence-corrected chi connectivity index (χ4v) is 2.76. The van der Waals surface area contributed by atoms with Crippen molar-refractivity contribution in [2.75, 3.05) is 6.54 Å². The van der Waals surface area contributed by atoms with Gasteiger partial charge >= 0.3 is 0 Å². The first-order valence-corrected chi connectivity index (χ1v) is 7.79. The average Bonchev–Trinajstić information content (AvgIpc) is 3.05. The number of benzene rings is 1. The Balaban J connectivity index is 1.71. The highest BCUT2D eigenvalue weighted by Gasteiger charge is 2.18. The molecule has 4 rings (SSSR count). The first-order chi connectivity index (χ1) is 11.8. The van der Waals surface area contributed by atoms with E-state index in [2.05, 4.69) is 20.3 Å². The van der Waals surface area contributed by atoms with E-state index in [0.29, 0.717) is 31.1 Å². The average molecular weight is 320 g/mol. The van der Waals surface area contributed by atoms with Crippen LogP contribution in [-0.2, 0) is 11.4 Å². The number of carbonyl (C=O) groups is 1. The van der Waals surface area contributed by atoms with E-state index in [-0.39, 0.29) is 5.78 Å². The quantitative estimate of drug-likeness (QED) is 0.772. The van der Waals surface area contributed by atoms with Crippen molar-refractivity contribution in [1.29, 1.82) is 0 Å². The van der Waals surface area contributed by atoms with Gasteiger partial charge in [0.05, 0.1) is 5.39 Å². The molecule has 6 heteroatoms. The maximum absolute atomic E-state index is 11.7. The molecule has 0 unspecified atom stereocenters. The zero-order chi connectivity index (χ0) is 16.4. The van der Waals surface area contributed by atoms with Crippen LogP contribution < -0.4 is 10.1 Å². The van der Waals surface area contributed by atoms with E-state index in [0.717, 1.165) is 22.2 Å². The minimum absolute atomic E-state index is 0.113. The zero-order valence-corrected chi connectivity index (χ0v) is 13.0. The molecule has 0 amide bonds. The number of nitrogens with one attached hydrogen (secondary N) is 2. The molecule has 0 atom stereocenters. The number of hydrogen-bond donors (Lipinski definition) is 2. The largest absolute Gasteiger partial charge is 0.472 e. The number of fused-ring (bicyclic) bond motifs is 1. The van der Waals surface area contributed by atoms with Crippen molar-refractivity contribution in [2.24, 2.45) is 0 Å². The number of ether oxygens (including phenoxy) is 1. The van der Waals surface area contributed by atoms with Gasteiger partial charge < -0.3 is 15.0 Å². The summed E-state index contributed by atoms with van der Waals surface area (Å²) in [4.78, 5) is 23.3. The van der Waals surface area contributed by atoms with Crippen LogP contribution in [0, 0.1) is 0 Å². The van der Waals surface area contributed by atoms with Crippen LogP contribution in [0.25, 0.3) is 16.7 Å². The van der Waals surface area contributed by atoms with Gasteiger partial charge in [0.2, 0.25) is 5.88 Å². The Morgan fingerprint density at radius 2 is 2.04 bits per heavy atom. The summed E-state index contributed by atoms with van der Waals surface area (Å²) >= 11 is 0. The highest BCUT2D eigenvalue weighted by Crippen LogP contribution is 2.30. The van der Waals surface area contributed by atoms with Crippen LogP contribution in [-0.4, -0.2) is 27.3 Å². The molecule has 0 spiro atoms. The van der Waals surface area contributed by atoms with Gasteiger partial charge in [0.1, 0.15) is 18.6 Å². The number of nitrogens with zero attached hydrogens (tertiary/aromatic N) is 2. The van der Waals surface area contributed by atoms with Gasteiger partial charge in [-0.3, -0.25) is 4.79 Å². The van der Waals surface area contributed by atoms with Crippen LogP contribution >= 0.6 is 0 Å². The minimum atomic E-state index is 0.113. The van der Waals surface area contributed by atoms with Gasteiger partial charge in [0, 0.05) is 36.5 Å². The maximum Gasteiger partial charge on any atom is 0.227 e. The summed E-state index contributed by atoms with van der Waals surface area (Å²) in [7, 11) is 0. The summed E-state index contributed by atoms with van der Waals surface area (Å²) in [5, 5.41) is 4.03. The molecule has 1 aromatic carbocycles. The first-order valence-electron chi connectivity index (χ1n) is 7.79. The Morgan fingerprint density at radius 1 is 1.17 bits per heavy atom. The standard InChI is InChI=1S/C18H16N4O2/c23-13-6-7-19-15(8-13)14-9-20-17-16(14)18(22-11-21-17)24-10-12-4-2-1-3-5-12/h1-5,8-9,11,19H,6-7,10H2,(H,20,21,22). The second-order valence-electron chi connectivity index (χ2n) is 5.58. The molecule has 0 bridgehead atoms. The van der Waals surface area contributed by atoms with Crippen molar-refractivity contribution in [1.82, 2.24) is 20.3 Å². The monoisotopic (exact) mass is 320 g/mol. The number of H-pyrrole nitrogens is 1. The van der Waals surface area contributed by atoms with Crippen LogP contribution in [0.5, 0.6) is 5.88 Å². The molecule has 0 fully saturated rings. The van der Waals surface area contributed by atoms with E-state index < -0.39 is 0 Å². The van der Waals surface area contributed by atoms with Crippen molar-refractivity contribution in [3.63, 3.8) is 0 Å². The van der Waals surface area contributed by atoms with Crippen LogP contribution in [0.2, 0.25) is 0 Å². The van der Waals surface area contributed by atoms with Gasteiger partial charge in [-0.15, -0.1) is 0 Å². The number of carbonyl (C=O) groups excluding carboxylic acids is 1. The summed E-state index contributed by atoms with van der Waals surface area (Å²) in [6.07, 6.45) is 5.43. The summed E-state index contributed by atoms with van der Waals surface area (Å²) < 4.78 is 5.91. The second-order valence-corrected chi connectivity index (χ2v) is 5.58. The van der Waals surface area contributed by atoms with Gasteiger partial charge in [0.15, 0.2) is 5.78 Å². The first kappa shape index (κ1) is 14.4. The summed E-state index contributed by atoms with van der Waals surface area (Å²) in [5.74, 6) is 0.613. The number of ketones is 1. The number of hydrogen-bond acceptors (Lipinski definition) is 5. The topological polar surface area (TPSA) is 79.9 Å². The molecule has 0 aliphatic carbocycles. The van der Waals surface area contributed by atoms with Crippen LogP contribution in [0.1, 0.15) is 17.5 Å². The van der Waals surface area contributed by atoms with E-state index >= 15 is 0 Å². The number of aromatic amines is 1. The van der Waals surface area contributed by atoms with Gasteiger partial charge in [-0.2, -0.15) is 0 Å². The molecular weight excluding hydrogens is 304 g/mol. The number of rotatable bonds is 4. The molecule has 1 aliphatic rings. The van der Waals surface area contributed by atoms with Crippen LogP contribution in [0.15, 0.2) is 48.9 Å². The third kappa shape index (κ3) is 2.74. The van der Waals surface area contributed by atoms with E-state index in [1.54, 1.807) is 6.08 Å². The normalized spacial score (nSPS) is 14.3. The smallest absolute Gasteiger partial charge is 0.227 e. The molecule has 0 radical (unpaired) electrons. The second kappa shape index (κ2) is 6.16. The van der Waals surface area contributed by atoms with Crippen molar-refractivity contribution in [3.05, 3.63) is 60.1 Å². The van der Waals surface area contributed by atoms with E-state index in [1.165, 1.54) is 6.33 Å². The molecule has 0 saturated carbocycles.